The van der Waals surface area contributed by atoms with Gasteiger partial charge in [-0.15, -0.1) is 0 Å². The number of hydrogen-bond acceptors (Lipinski definition) is 5. The van der Waals surface area contributed by atoms with Gasteiger partial charge in [0.25, 0.3) is 5.56 Å². The first-order chi connectivity index (χ1) is 14.1. The molecule has 0 bridgehead atoms. The van der Waals surface area contributed by atoms with Crippen LogP contribution in [0.4, 0.5) is 0 Å². The summed E-state index contributed by atoms with van der Waals surface area (Å²) in [6.07, 6.45) is 0. The van der Waals surface area contributed by atoms with Crippen LogP contribution in [0, 0.1) is 0 Å². The number of methoxy groups -OCH3 is 1. The van der Waals surface area contributed by atoms with E-state index >= 15 is 0 Å². The van der Waals surface area contributed by atoms with Crippen LogP contribution in [-0.2, 0) is 17.0 Å². The predicted octanol–water partition coefficient (Wildman–Crippen LogP) is 5.30. The van der Waals surface area contributed by atoms with Crippen molar-refractivity contribution in [2.75, 3.05) is 13.7 Å². The maximum Gasteiger partial charge on any atom is 0.262 e. The van der Waals surface area contributed by atoms with Crippen LogP contribution in [0.2, 0.25) is 5.15 Å². The zero-order valence-electron chi connectivity index (χ0n) is 15.6. The first-order valence-electron chi connectivity index (χ1n) is 8.93. The fourth-order valence-corrected chi connectivity index (χ4v) is 4.69. The van der Waals surface area contributed by atoms with E-state index in [1.165, 1.54) is 11.8 Å². The Kier molecular flexibility index (Phi) is 6.20. The molecule has 2 heterocycles. The van der Waals surface area contributed by atoms with Gasteiger partial charge in [0, 0.05) is 28.3 Å². The van der Waals surface area contributed by atoms with Crippen LogP contribution in [0.3, 0.4) is 0 Å². The van der Waals surface area contributed by atoms with Gasteiger partial charge in [-0.2, -0.15) is 0 Å². The Morgan fingerprint density at radius 2 is 1.97 bits per heavy atom. The van der Waals surface area contributed by atoms with Crippen molar-refractivity contribution in [3.8, 4) is 0 Å². The van der Waals surface area contributed by atoms with E-state index in [9.17, 15) is 4.79 Å². The van der Waals surface area contributed by atoms with Gasteiger partial charge in [0.15, 0.2) is 5.16 Å². The molecular formula is C21H17BrClN3O2S. The van der Waals surface area contributed by atoms with Gasteiger partial charge in [0.1, 0.15) is 5.15 Å². The molecule has 5 nitrogen and oxygen atoms in total. The lowest BCUT2D eigenvalue weighted by Gasteiger charge is -2.13. The summed E-state index contributed by atoms with van der Waals surface area (Å²) < 4.78 is 7.69. The van der Waals surface area contributed by atoms with E-state index in [0.29, 0.717) is 40.1 Å². The van der Waals surface area contributed by atoms with Gasteiger partial charge in [-0.3, -0.25) is 9.36 Å². The summed E-state index contributed by atoms with van der Waals surface area (Å²) in [4.78, 5) is 22.3. The number of pyridine rings is 1. The van der Waals surface area contributed by atoms with Crippen LogP contribution in [-0.4, -0.2) is 28.3 Å². The molecule has 148 valence electrons. The molecule has 0 spiro atoms. The topological polar surface area (TPSA) is 57.0 Å². The van der Waals surface area contributed by atoms with E-state index in [2.05, 4.69) is 20.9 Å². The molecule has 2 aromatic carbocycles. The van der Waals surface area contributed by atoms with Crippen LogP contribution < -0.4 is 5.56 Å². The number of ether oxygens (including phenoxy) is 1. The third-order valence-electron chi connectivity index (χ3n) is 4.51. The lowest BCUT2D eigenvalue weighted by Crippen LogP contribution is -2.25. The van der Waals surface area contributed by atoms with Gasteiger partial charge in [0.2, 0.25) is 0 Å². The third-order valence-corrected chi connectivity index (χ3v) is 6.35. The number of fused-ring (bicyclic) bond motifs is 2. The summed E-state index contributed by atoms with van der Waals surface area (Å²) in [6.45, 7) is 0.851. The highest BCUT2D eigenvalue weighted by Gasteiger charge is 2.14. The van der Waals surface area contributed by atoms with Crippen LogP contribution in [0.15, 0.2) is 63.0 Å². The number of hydrogen-bond donors (Lipinski definition) is 0. The normalized spacial score (nSPS) is 11.4. The standard InChI is InChI=1S/C21H17BrClN3O2S/c1-28-9-8-26-20(27)16-11-15(22)6-7-18(16)25-21(26)29-12-14-10-13-4-2-3-5-17(13)24-19(14)23/h2-7,10-11H,8-9,12H2,1H3. The van der Waals surface area contributed by atoms with Gasteiger partial charge >= 0.3 is 0 Å². The first kappa shape index (κ1) is 20.3. The number of rotatable bonds is 6. The van der Waals surface area contributed by atoms with E-state index in [0.717, 1.165) is 20.9 Å². The summed E-state index contributed by atoms with van der Waals surface area (Å²) in [5.41, 5.74) is 2.34. The van der Waals surface area contributed by atoms with E-state index in [1.807, 2.05) is 42.5 Å². The summed E-state index contributed by atoms with van der Waals surface area (Å²) in [7, 11) is 1.61. The summed E-state index contributed by atoms with van der Waals surface area (Å²) in [5, 5.41) is 2.70. The highest BCUT2D eigenvalue weighted by Crippen LogP contribution is 2.28. The number of thioether (sulfide) groups is 1. The average Bonchev–Trinajstić information content (AvgIpc) is 2.72. The van der Waals surface area contributed by atoms with Crippen molar-refractivity contribution in [2.45, 2.75) is 17.5 Å². The summed E-state index contributed by atoms with van der Waals surface area (Å²) in [6, 6.07) is 15.4. The molecular weight excluding hydrogens is 474 g/mol. The lowest BCUT2D eigenvalue weighted by atomic mass is 10.2. The minimum absolute atomic E-state index is 0.0846. The molecule has 0 aliphatic carbocycles. The van der Waals surface area contributed by atoms with E-state index < -0.39 is 0 Å². The molecule has 0 amide bonds. The average molecular weight is 491 g/mol. The van der Waals surface area contributed by atoms with E-state index in [4.69, 9.17) is 21.3 Å². The second-order valence-corrected chi connectivity index (χ2v) is 8.64. The molecule has 0 N–H and O–H groups in total. The van der Waals surface area contributed by atoms with Crippen LogP contribution in [0.5, 0.6) is 0 Å². The lowest BCUT2D eigenvalue weighted by molar-refractivity contribution is 0.183. The van der Waals surface area contributed by atoms with E-state index in [1.54, 1.807) is 17.7 Å². The maximum atomic E-state index is 13.1. The number of benzene rings is 2. The second-order valence-electron chi connectivity index (χ2n) is 6.43. The second kappa shape index (κ2) is 8.83. The van der Waals surface area contributed by atoms with Crippen molar-refractivity contribution in [3.63, 3.8) is 0 Å². The minimum atomic E-state index is -0.0846. The fraction of sp³-hybridized carbons (Fsp3) is 0.190. The molecule has 0 aliphatic rings. The number of nitrogens with zero attached hydrogens (tertiary/aromatic N) is 3. The first-order valence-corrected chi connectivity index (χ1v) is 11.1. The van der Waals surface area contributed by atoms with Crippen molar-refractivity contribution < 1.29 is 4.74 Å². The van der Waals surface area contributed by atoms with Gasteiger partial charge in [-0.1, -0.05) is 57.5 Å². The zero-order chi connectivity index (χ0) is 20.4. The Morgan fingerprint density at radius 1 is 1.14 bits per heavy atom. The monoisotopic (exact) mass is 489 g/mol. The molecule has 0 saturated carbocycles. The number of halogens is 2. The van der Waals surface area contributed by atoms with Crippen LogP contribution in [0.1, 0.15) is 5.56 Å². The maximum absolute atomic E-state index is 13.1. The van der Waals surface area contributed by atoms with Gasteiger partial charge in [0.05, 0.1) is 29.6 Å². The highest BCUT2D eigenvalue weighted by molar-refractivity contribution is 9.10. The fourth-order valence-electron chi connectivity index (χ4n) is 3.04. The molecule has 29 heavy (non-hydrogen) atoms. The Bertz CT molecular complexity index is 1260. The zero-order valence-corrected chi connectivity index (χ0v) is 18.7. The Hall–Kier alpha value is -1.93. The van der Waals surface area contributed by atoms with Gasteiger partial charge in [-0.25, -0.2) is 9.97 Å². The van der Waals surface area contributed by atoms with Crippen LogP contribution in [0.25, 0.3) is 21.8 Å². The molecule has 0 saturated heterocycles. The van der Waals surface area contributed by atoms with Crippen LogP contribution >= 0.6 is 39.3 Å². The molecule has 0 atom stereocenters. The highest BCUT2D eigenvalue weighted by atomic mass is 79.9. The quantitative estimate of drug-likeness (QED) is 0.209. The molecule has 4 aromatic rings. The number of para-hydroxylation sites is 1. The number of aromatic nitrogens is 3. The van der Waals surface area contributed by atoms with Crippen molar-refractivity contribution in [1.29, 1.82) is 0 Å². The molecule has 0 aliphatic heterocycles. The molecule has 2 aromatic heterocycles. The molecule has 0 unspecified atom stereocenters. The van der Waals surface area contributed by atoms with Gasteiger partial charge in [-0.05, 0) is 30.3 Å². The molecule has 0 fully saturated rings. The Labute approximate surface area is 185 Å². The smallest absolute Gasteiger partial charge is 0.262 e. The van der Waals surface area contributed by atoms with Crippen molar-refractivity contribution in [1.82, 2.24) is 14.5 Å². The minimum Gasteiger partial charge on any atom is -0.383 e. The van der Waals surface area contributed by atoms with Crippen molar-refractivity contribution >= 4 is 61.1 Å². The predicted molar refractivity (Wildman–Crippen MR) is 122 cm³/mol. The molecule has 8 heteroatoms. The van der Waals surface area contributed by atoms with E-state index in [-0.39, 0.29) is 5.56 Å². The molecule has 4 rings (SSSR count). The van der Waals surface area contributed by atoms with Crippen molar-refractivity contribution in [2.24, 2.45) is 0 Å². The Morgan fingerprint density at radius 3 is 2.79 bits per heavy atom. The van der Waals surface area contributed by atoms with Gasteiger partial charge < -0.3 is 4.74 Å². The SMILES string of the molecule is COCCn1c(SCc2cc3ccccc3nc2Cl)nc2ccc(Br)cc2c1=O. The summed E-state index contributed by atoms with van der Waals surface area (Å²) >= 11 is 11.3. The largest absolute Gasteiger partial charge is 0.383 e. The third kappa shape index (κ3) is 4.33. The summed E-state index contributed by atoms with van der Waals surface area (Å²) in [5.74, 6) is 0.554. The molecule has 0 radical (unpaired) electrons. The Balaban J connectivity index is 1.72. The van der Waals surface area contributed by atoms with Crippen molar-refractivity contribution in [3.05, 3.63) is 74.1 Å².